The highest BCUT2D eigenvalue weighted by Gasteiger charge is 2.27. The van der Waals surface area contributed by atoms with Gasteiger partial charge in [-0.3, -0.25) is 0 Å². The number of piperidine rings is 1. The van der Waals surface area contributed by atoms with Gasteiger partial charge in [-0.25, -0.2) is 0 Å². The van der Waals surface area contributed by atoms with Crippen LogP contribution in [0.3, 0.4) is 0 Å². The number of nitrogens with zero attached hydrogens (tertiary/aromatic N) is 2. The molecule has 1 saturated heterocycles. The highest BCUT2D eigenvalue weighted by molar-refractivity contribution is 4.98. The van der Waals surface area contributed by atoms with Crippen molar-refractivity contribution in [3.8, 4) is 0 Å². The van der Waals surface area contributed by atoms with Gasteiger partial charge in [0.05, 0.1) is 0 Å². The van der Waals surface area contributed by atoms with Crippen molar-refractivity contribution in [3.05, 3.63) is 11.7 Å². The number of nitrogens with one attached hydrogen (secondary N) is 1. The van der Waals surface area contributed by atoms with Gasteiger partial charge in [0.25, 0.3) is 0 Å². The highest BCUT2D eigenvalue weighted by atomic mass is 16.5. The Labute approximate surface area is 115 Å². The molecule has 1 aliphatic heterocycles. The standard InChI is InChI=1S/C14H25N3O2/c1-10(11-6-5-7-15-9-11)8-12-16-13(17-19-12)14(2,3)18-4/h10-11,15H,5-9H2,1-4H3. The first-order valence-corrected chi connectivity index (χ1v) is 7.12. The summed E-state index contributed by atoms with van der Waals surface area (Å²) in [4.78, 5) is 4.46. The summed E-state index contributed by atoms with van der Waals surface area (Å²) >= 11 is 0. The fraction of sp³-hybridized carbons (Fsp3) is 0.857. The highest BCUT2D eigenvalue weighted by Crippen LogP contribution is 2.25. The summed E-state index contributed by atoms with van der Waals surface area (Å²) in [6.07, 6.45) is 3.40. The number of aromatic nitrogens is 2. The fourth-order valence-corrected chi connectivity index (χ4v) is 2.48. The lowest BCUT2D eigenvalue weighted by molar-refractivity contribution is 0.00973. The minimum Gasteiger partial charge on any atom is -0.371 e. The quantitative estimate of drug-likeness (QED) is 0.885. The average molecular weight is 267 g/mol. The minimum absolute atomic E-state index is 0.489. The first kappa shape index (κ1) is 14.5. The molecule has 1 N–H and O–H groups in total. The first-order chi connectivity index (χ1) is 9.03. The zero-order valence-electron chi connectivity index (χ0n) is 12.4. The molecule has 0 saturated carbocycles. The predicted octanol–water partition coefficient (Wildman–Crippen LogP) is 2.13. The van der Waals surface area contributed by atoms with E-state index in [-0.39, 0.29) is 0 Å². The number of methoxy groups -OCH3 is 1. The normalized spacial score (nSPS) is 22.4. The minimum atomic E-state index is -0.489. The van der Waals surface area contributed by atoms with Crippen molar-refractivity contribution in [1.29, 1.82) is 0 Å². The van der Waals surface area contributed by atoms with Gasteiger partial charge in [-0.15, -0.1) is 0 Å². The van der Waals surface area contributed by atoms with Crippen LogP contribution < -0.4 is 5.32 Å². The van der Waals surface area contributed by atoms with Crippen molar-refractivity contribution in [3.63, 3.8) is 0 Å². The maximum Gasteiger partial charge on any atom is 0.227 e. The number of hydrogen-bond donors (Lipinski definition) is 1. The van der Waals surface area contributed by atoms with Crippen LogP contribution in [-0.2, 0) is 16.8 Å². The number of ether oxygens (including phenoxy) is 1. The van der Waals surface area contributed by atoms with Gasteiger partial charge in [-0.2, -0.15) is 4.98 Å². The molecule has 0 amide bonds. The molecule has 0 aromatic carbocycles. The molecule has 5 nitrogen and oxygen atoms in total. The Hall–Kier alpha value is -0.940. The van der Waals surface area contributed by atoms with E-state index in [1.54, 1.807) is 7.11 Å². The second kappa shape index (κ2) is 6.01. The molecular weight excluding hydrogens is 242 g/mol. The molecule has 2 heterocycles. The van der Waals surface area contributed by atoms with Crippen LogP contribution in [0.1, 0.15) is 45.3 Å². The predicted molar refractivity (Wildman–Crippen MR) is 72.8 cm³/mol. The molecule has 0 aliphatic carbocycles. The molecule has 1 aliphatic rings. The van der Waals surface area contributed by atoms with Gasteiger partial charge < -0.3 is 14.6 Å². The van der Waals surface area contributed by atoms with Gasteiger partial charge >= 0.3 is 0 Å². The van der Waals surface area contributed by atoms with Crippen molar-refractivity contribution < 1.29 is 9.26 Å². The van der Waals surface area contributed by atoms with Crippen molar-refractivity contribution in [2.45, 2.75) is 45.6 Å². The lowest BCUT2D eigenvalue weighted by Crippen LogP contribution is -2.34. The van der Waals surface area contributed by atoms with Crippen molar-refractivity contribution in [2.75, 3.05) is 20.2 Å². The maximum absolute atomic E-state index is 5.36. The van der Waals surface area contributed by atoms with E-state index in [0.717, 1.165) is 25.4 Å². The Morgan fingerprint density at radius 2 is 2.32 bits per heavy atom. The van der Waals surface area contributed by atoms with Crippen molar-refractivity contribution in [2.24, 2.45) is 11.8 Å². The lowest BCUT2D eigenvalue weighted by atomic mass is 9.85. The van der Waals surface area contributed by atoms with Crippen LogP contribution in [-0.4, -0.2) is 30.3 Å². The molecule has 2 unspecified atom stereocenters. The molecule has 0 radical (unpaired) electrons. The van der Waals surface area contributed by atoms with Gasteiger partial charge in [-0.1, -0.05) is 12.1 Å². The van der Waals surface area contributed by atoms with E-state index in [2.05, 4.69) is 22.4 Å². The number of rotatable bonds is 5. The molecule has 2 rings (SSSR count). The summed E-state index contributed by atoms with van der Waals surface area (Å²) in [5, 5.41) is 7.48. The monoisotopic (exact) mass is 267 g/mol. The van der Waals surface area contributed by atoms with E-state index in [1.165, 1.54) is 12.8 Å². The Bertz CT molecular complexity index is 397. The van der Waals surface area contributed by atoms with E-state index in [9.17, 15) is 0 Å². The van der Waals surface area contributed by atoms with Gasteiger partial charge in [-0.05, 0) is 51.6 Å². The summed E-state index contributed by atoms with van der Waals surface area (Å²) in [7, 11) is 1.66. The topological polar surface area (TPSA) is 60.2 Å². The van der Waals surface area contributed by atoms with Crippen LogP contribution in [0.2, 0.25) is 0 Å². The Morgan fingerprint density at radius 3 is 2.95 bits per heavy atom. The third kappa shape index (κ3) is 3.54. The summed E-state index contributed by atoms with van der Waals surface area (Å²) in [5.74, 6) is 2.61. The molecular formula is C14H25N3O2. The molecule has 1 aromatic rings. The molecule has 108 valence electrons. The lowest BCUT2D eigenvalue weighted by Gasteiger charge is -2.27. The van der Waals surface area contributed by atoms with E-state index >= 15 is 0 Å². The van der Waals surface area contributed by atoms with Crippen LogP contribution in [0.4, 0.5) is 0 Å². The summed E-state index contributed by atoms with van der Waals surface area (Å²) in [6.45, 7) is 8.40. The van der Waals surface area contributed by atoms with Crippen LogP contribution in [0.25, 0.3) is 0 Å². The molecule has 5 heteroatoms. The second-order valence-electron chi connectivity index (χ2n) is 6.01. The summed E-state index contributed by atoms with van der Waals surface area (Å²) in [6, 6.07) is 0. The molecule has 2 atom stereocenters. The Morgan fingerprint density at radius 1 is 1.53 bits per heavy atom. The molecule has 0 bridgehead atoms. The largest absolute Gasteiger partial charge is 0.371 e. The smallest absolute Gasteiger partial charge is 0.227 e. The zero-order chi connectivity index (χ0) is 13.9. The van der Waals surface area contributed by atoms with Crippen molar-refractivity contribution in [1.82, 2.24) is 15.5 Å². The van der Waals surface area contributed by atoms with Gasteiger partial charge in [0.15, 0.2) is 0 Å². The maximum atomic E-state index is 5.36. The third-order valence-corrected chi connectivity index (χ3v) is 4.15. The molecule has 1 fully saturated rings. The number of hydrogen-bond acceptors (Lipinski definition) is 5. The van der Waals surface area contributed by atoms with E-state index < -0.39 is 5.60 Å². The van der Waals surface area contributed by atoms with Crippen LogP contribution in [0.15, 0.2) is 4.52 Å². The summed E-state index contributed by atoms with van der Waals surface area (Å²) in [5.41, 5.74) is -0.489. The Balaban J connectivity index is 1.95. The van der Waals surface area contributed by atoms with Gasteiger partial charge in [0.1, 0.15) is 5.60 Å². The van der Waals surface area contributed by atoms with E-state index in [0.29, 0.717) is 17.7 Å². The molecule has 19 heavy (non-hydrogen) atoms. The Kier molecular flexibility index (Phi) is 4.58. The third-order valence-electron chi connectivity index (χ3n) is 4.15. The summed E-state index contributed by atoms with van der Waals surface area (Å²) < 4.78 is 10.7. The second-order valence-corrected chi connectivity index (χ2v) is 6.01. The van der Waals surface area contributed by atoms with Gasteiger partial charge in [0.2, 0.25) is 11.7 Å². The van der Waals surface area contributed by atoms with Gasteiger partial charge in [0, 0.05) is 13.5 Å². The van der Waals surface area contributed by atoms with Crippen molar-refractivity contribution >= 4 is 0 Å². The SMILES string of the molecule is COC(C)(C)c1noc(CC(C)C2CCCNC2)n1. The molecule has 1 aromatic heterocycles. The average Bonchev–Trinajstić information content (AvgIpc) is 2.89. The fourth-order valence-electron chi connectivity index (χ4n) is 2.48. The van der Waals surface area contributed by atoms with Crippen LogP contribution in [0.5, 0.6) is 0 Å². The van der Waals surface area contributed by atoms with E-state index in [1.807, 2.05) is 13.8 Å². The van der Waals surface area contributed by atoms with Crippen LogP contribution in [0, 0.1) is 11.8 Å². The van der Waals surface area contributed by atoms with Crippen LogP contribution >= 0.6 is 0 Å². The van der Waals surface area contributed by atoms with E-state index in [4.69, 9.17) is 9.26 Å². The first-order valence-electron chi connectivity index (χ1n) is 7.12. The molecule has 0 spiro atoms. The zero-order valence-corrected chi connectivity index (χ0v) is 12.4.